The van der Waals surface area contributed by atoms with Crippen molar-refractivity contribution in [3.63, 3.8) is 0 Å². The first kappa shape index (κ1) is 15.2. The fourth-order valence-electron chi connectivity index (χ4n) is 1.67. The molecule has 0 aliphatic rings. The normalized spacial score (nSPS) is 11.1. The summed E-state index contributed by atoms with van der Waals surface area (Å²) in [7, 11) is 0. The molecule has 1 aromatic carbocycles. The predicted octanol–water partition coefficient (Wildman–Crippen LogP) is 2.26. The van der Waals surface area contributed by atoms with Crippen LogP contribution in [0.1, 0.15) is 43.1 Å². The number of rotatable bonds is 5. The molecule has 1 amide bonds. The zero-order chi connectivity index (χ0) is 14.5. The Kier molecular flexibility index (Phi) is 5.10. The second-order valence-electron chi connectivity index (χ2n) is 5.30. The molecule has 0 spiro atoms. The third kappa shape index (κ3) is 5.55. The van der Waals surface area contributed by atoms with Crippen molar-refractivity contribution in [3.8, 4) is 0 Å². The Morgan fingerprint density at radius 1 is 1.26 bits per heavy atom. The molecule has 19 heavy (non-hydrogen) atoms. The van der Waals surface area contributed by atoms with Gasteiger partial charge in [-0.1, -0.05) is 18.2 Å². The van der Waals surface area contributed by atoms with Crippen LogP contribution < -0.4 is 5.73 Å². The van der Waals surface area contributed by atoms with Gasteiger partial charge in [0.25, 0.3) is 0 Å². The van der Waals surface area contributed by atoms with Crippen LogP contribution in [0, 0.1) is 6.42 Å². The fraction of sp³-hybridized carbons (Fsp3) is 0.400. The summed E-state index contributed by atoms with van der Waals surface area (Å²) in [5.41, 5.74) is 6.12. The van der Waals surface area contributed by atoms with E-state index in [1.54, 1.807) is 18.6 Å². The molecule has 1 radical (unpaired) electrons. The highest BCUT2D eigenvalue weighted by Gasteiger charge is 2.16. The molecule has 0 aliphatic heterocycles. The SMILES string of the molecule is CC(C)(C)OC(=O)C[CH]Cc1ccccc1C(N)=O. The van der Waals surface area contributed by atoms with Crippen molar-refractivity contribution in [2.24, 2.45) is 5.73 Å². The molecule has 0 saturated heterocycles. The lowest BCUT2D eigenvalue weighted by molar-refractivity contribution is -0.154. The van der Waals surface area contributed by atoms with Gasteiger partial charge in [-0.15, -0.1) is 0 Å². The van der Waals surface area contributed by atoms with Crippen LogP contribution >= 0.6 is 0 Å². The number of carbonyl (C=O) groups excluding carboxylic acids is 2. The highest BCUT2D eigenvalue weighted by Crippen LogP contribution is 2.13. The maximum Gasteiger partial charge on any atom is 0.306 e. The third-order valence-electron chi connectivity index (χ3n) is 2.38. The molecular formula is C15H20NO3. The van der Waals surface area contributed by atoms with Gasteiger partial charge < -0.3 is 10.5 Å². The van der Waals surface area contributed by atoms with E-state index in [1.165, 1.54) is 0 Å². The van der Waals surface area contributed by atoms with Crippen LogP contribution in [0.25, 0.3) is 0 Å². The minimum atomic E-state index is -0.476. The Bertz CT molecular complexity index is 461. The van der Waals surface area contributed by atoms with Crippen molar-refractivity contribution < 1.29 is 14.3 Å². The monoisotopic (exact) mass is 262 g/mol. The number of amides is 1. The van der Waals surface area contributed by atoms with E-state index in [1.807, 2.05) is 32.9 Å². The maximum absolute atomic E-state index is 11.5. The summed E-state index contributed by atoms with van der Waals surface area (Å²) in [6, 6.07) is 7.10. The molecule has 0 atom stereocenters. The lowest BCUT2D eigenvalue weighted by Crippen LogP contribution is -2.23. The highest BCUT2D eigenvalue weighted by molar-refractivity contribution is 5.94. The fourth-order valence-corrected chi connectivity index (χ4v) is 1.67. The van der Waals surface area contributed by atoms with Gasteiger partial charge >= 0.3 is 5.97 Å². The quantitative estimate of drug-likeness (QED) is 0.827. The van der Waals surface area contributed by atoms with Crippen molar-refractivity contribution in [1.82, 2.24) is 0 Å². The van der Waals surface area contributed by atoms with E-state index < -0.39 is 11.5 Å². The van der Waals surface area contributed by atoms with Crippen molar-refractivity contribution in [3.05, 3.63) is 41.8 Å². The molecule has 0 bridgehead atoms. The number of esters is 1. The third-order valence-corrected chi connectivity index (χ3v) is 2.38. The van der Waals surface area contributed by atoms with Gasteiger partial charge in [-0.3, -0.25) is 9.59 Å². The Balaban J connectivity index is 2.50. The van der Waals surface area contributed by atoms with Crippen LogP contribution in [0.3, 0.4) is 0 Å². The van der Waals surface area contributed by atoms with Gasteiger partial charge in [-0.2, -0.15) is 0 Å². The van der Waals surface area contributed by atoms with E-state index in [-0.39, 0.29) is 12.4 Å². The van der Waals surface area contributed by atoms with E-state index in [0.29, 0.717) is 12.0 Å². The van der Waals surface area contributed by atoms with Gasteiger partial charge in [0.1, 0.15) is 5.60 Å². The summed E-state index contributed by atoms with van der Waals surface area (Å²) in [5, 5.41) is 0. The van der Waals surface area contributed by atoms with E-state index in [4.69, 9.17) is 10.5 Å². The van der Waals surface area contributed by atoms with Crippen molar-refractivity contribution in [2.45, 2.75) is 39.2 Å². The maximum atomic E-state index is 11.5. The summed E-state index contributed by atoms with van der Waals surface area (Å²) < 4.78 is 5.19. The van der Waals surface area contributed by atoms with Crippen LogP contribution in [0.15, 0.2) is 24.3 Å². The molecule has 0 fully saturated rings. The molecule has 2 N–H and O–H groups in total. The van der Waals surface area contributed by atoms with Gasteiger partial charge in [0.05, 0.1) is 0 Å². The van der Waals surface area contributed by atoms with Crippen LogP contribution in [0.5, 0.6) is 0 Å². The molecule has 0 aliphatic carbocycles. The van der Waals surface area contributed by atoms with Crippen LogP contribution in [0.2, 0.25) is 0 Å². The van der Waals surface area contributed by atoms with E-state index in [9.17, 15) is 9.59 Å². The molecular weight excluding hydrogens is 242 g/mol. The highest BCUT2D eigenvalue weighted by atomic mass is 16.6. The molecule has 0 heterocycles. The average molecular weight is 262 g/mol. The average Bonchev–Trinajstić information content (AvgIpc) is 2.27. The summed E-state index contributed by atoms with van der Waals surface area (Å²) in [5.74, 6) is -0.731. The zero-order valence-electron chi connectivity index (χ0n) is 11.6. The van der Waals surface area contributed by atoms with Crippen molar-refractivity contribution >= 4 is 11.9 Å². The number of hydrogen-bond donors (Lipinski definition) is 1. The number of primary amides is 1. The molecule has 0 saturated carbocycles. The molecule has 4 heteroatoms. The number of hydrogen-bond acceptors (Lipinski definition) is 3. The van der Waals surface area contributed by atoms with Gasteiger partial charge in [-0.05, 0) is 45.2 Å². The zero-order valence-corrected chi connectivity index (χ0v) is 11.6. The lowest BCUT2D eigenvalue weighted by atomic mass is 10.0. The van der Waals surface area contributed by atoms with E-state index >= 15 is 0 Å². The second-order valence-corrected chi connectivity index (χ2v) is 5.30. The summed E-state index contributed by atoms with van der Waals surface area (Å²) in [6.07, 6.45) is 2.51. The van der Waals surface area contributed by atoms with Gasteiger partial charge in [0, 0.05) is 12.0 Å². The van der Waals surface area contributed by atoms with Crippen LogP contribution in [-0.4, -0.2) is 17.5 Å². The number of carbonyl (C=O) groups is 2. The van der Waals surface area contributed by atoms with Gasteiger partial charge in [-0.25, -0.2) is 0 Å². The Labute approximate surface area is 113 Å². The minimum Gasteiger partial charge on any atom is -0.460 e. The molecule has 0 unspecified atom stereocenters. The van der Waals surface area contributed by atoms with E-state index in [0.717, 1.165) is 5.56 Å². The molecule has 103 valence electrons. The van der Waals surface area contributed by atoms with E-state index in [2.05, 4.69) is 0 Å². The number of benzene rings is 1. The lowest BCUT2D eigenvalue weighted by Gasteiger charge is -2.19. The standard InChI is InChI=1S/C15H20NO3/c1-15(2,3)19-13(17)10-6-8-11-7-4-5-9-12(11)14(16)18/h4-7,9H,8,10H2,1-3H3,(H2,16,18). The molecule has 0 aromatic heterocycles. The Hall–Kier alpha value is -1.84. The van der Waals surface area contributed by atoms with Crippen molar-refractivity contribution in [1.29, 1.82) is 0 Å². The summed E-state index contributed by atoms with van der Waals surface area (Å²) >= 11 is 0. The molecule has 1 aromatic rings. The summed E-state index contributed by atoms with van der Waals surface area (Å²) in [6.45, 7) is 5.48. The van der Waals surface area contributed by atoms with Gasteiger partial charge in [0.2, 0.25) is 5.91 Å². The topological polar surface area (TPSA) is 69.4 Å². The minimum absolute atomic E-state index is 0.213. The second kappa shape index (κ2) is 6.36. The molecule has 4 nitrogen and oxygen atoms in total. The largest absolute Gasteiger partial charge is 0.460 e. The first-order valence-corrected chi connectivity index (χ1v) is 6.21. The predicted molar refractivity (Wildman–Crippen MR) is 73.4 cm³/mol. The van der Waals surface area contributed by atoms with Gasteiger partial charge in [0.15, 0.2) is 0 Å². The first-order valence-electron chi connectivity index (χ1n) is 6.21. The van der Waals surface area contributed by atoms with Crippen LogP contribution in [-0.2, 0) is 16.0 Å². The smallest absolute Gasteiger partial charge is 0.306 e. The first-order chi connectivity index (χ1) is 8.79. The molecule has 1 rings (SSSR count). The Morgan fingerprint density at radius 2 is 1.89 bits per heavy atom. The number of ether oxygens (including phenoxy) is 1. The Morgan fingerprint density at radius 3 is 2.47 bits per heavy atom. The number of nitrogens with two attached hydrogens (primary N) is 1. The van der Waals surface area contributed by atoms with Crippen molar-refractivity contribution in [2.75, 3.05) is 0 Å². The van der Waals surface area contributed by atoms with Crippen LogP contribution in [0.4, 0.5) is 0 Å². The summed E-state index contributed by atoms with van der Waals surface area (Å²) in [4.78, 5) is 22.7.